The number of ether oxygens (including phenoxy) is 2. The van der Waals surface area contributed by atoms with Gasteiger partial charge in [-0.05, 0) is 24.1 Å². The number of nitrogens with zero attached hydrogens (tertiary/aromatic N) is 2. The molecule has 0 amide bonds. The van der Waals surface area contributed by atoms with Gasteiger partial charge in [-0.2, -0.15) is 0 Å². The summed E-state index contributed by atoms with van der Waals surface area (Å²) in [7, 11) is 3.44. The van der Waals surface area contributed by atoms with E-state index in [0.717, 1.165) is 36.1 Å². The zero-order chi connectivity index (χ0) is 18.6. The van der Waals surface area contributed by atoms with Crippen LogP contribution in [-0.4, -0.2) is 44.9 Å². The van der Waals surface area contributed by atoms with E-state index in [0.29, 0.717) is 19.8 Å². The molecule has 0 aliphatic rings. The van der Waals surface area contributed by atoms with Crippen molar-refractivity contribution in [2.24, 2.45) is 4.99 Å². The monoisotopic (exact) mass is 376 g/mol. The predicted molar refractivity (Wildman–Crippen MR) is 107 cm³/mol. The highest BCUT2D eigenvalue weighted by Gasteiger charge is 2.03. The van der Waals surface area contributed by atoms with Crippen LogP contribution in [0, 0.1) is 0 Å². The second-order valence-electron chi connectivity index (χ2n) is 5.66. The summed E-state index contributed by atoms with van der Waals surface area (Å²) in [5.74, 6) is 1.64. The van der Waals surface area contributed by atoms with E-state index >= 15 is 0 Å². The molecule has 2 rings (SSSR count). The summed E-state index contributed by atoms with van der Waals surface area (Å²) in [5.41, 5.74) is 1.17. The Labute approximate surface area is 159 Å². The molecule has 0 unspecified atom stereocenters. The molecular weight excluding hydrogens is 348 g/mol. The molecule has 1 aromatic heterocycles. The minimum Gasteiger partial charge on any atom is -0.491 e. The van der Waals surface area contributed by atoms with Gasteiger partial charge in [0.15, 0.2) is 5.96 Å². The Bertz CT molecular complexity index is 670. The third-order valence-corrected chi connectivity index (χ3v) is 4.95. The van der Waals surface area contributed by atoms with E-state index in [-0.39, 0.29) is 0 Å². The van der Waals surface area contributed by atoms with E-state index in [9.17, 15) is 0 Å². The Kier molecular flexibility index (Phi) is 8.92. The van der Waals surface area contributed by atoms with Crippen LogP contribution in [0.5, 0.6) is 5.75 Å². The fourth-order valence-corrected chi connectivity index (χ4v) is 3.13. The average Bonchev–Trinajstić information content (AvgIpc) is 3.14. The van der Waals surface area contributed by atoms with Gasteiger partial charge in [0.1, 0.15) is 12.4 Å². The van der Waals surface area contributed by atoms with Crippen LogP contribution in [0.4, 0.5) is 0 Å². The van der Waals surface area contributed by atoms with Crippen LogP contribution in [0.3, 0.4) is 0 Å². The third-order valence-electron chi connectivity index (χ3n) is 3.74. The molecule has 0 radical (unpaired) electrons. The molecule has 0 fully saturated rings. The first kappa shape index (κ1) is 20.2. The van der Waals surface area contributed by atoms with Crippen LogP contribution in [0.1, 0.15) is 22.4 Å². The van der Waals surface area contributed by atoms with Gasteiger partial charge >= 0.3 is 0 Å². The van der Waals surface area contributed by atoms with Crippen molar-refractivity contribution in [2.45, 2.75) is 26.3 Å². The lowest BCUT2D eigenvalue weighted by molar-refractivity contribution is 0.146. The van der Waals surface area contributed by atoms with E-state index in [1.54, 1.807) is 25.5 Å². The van der Waals surface area contributed by atoms with Gasteiger partial charge in [-0.25, -0.2) is 4.98 Å². The second-order valence-corrected chi connectivity index (χ2v) is 6.86. The summed E-state index contributed by atoms with van der Waals surface area (Å²) >= 11 is 1.78. The molecule has 0 spiro atoms. The van der Waals surface area contributed by atoms with Gasteiger partial charge in [0.2, 0.25) is 0 Å². The van der Waals surface area contributed by atoms with Crippen LogP contribution < -0.4 is 15.4 Å². The van der Waals surface area contributed by atoms with E-state index in [2.05, 4.69) is 27.5 Å². The van der Waals surface area contributed by atoms with Crippen molar-refractivity contribution in [1.82, 2.24) is 15.6 Å². The average molecular weight is 377 g/mol. The third kappa shape index (κ3) is 7.01. The molecule has 0 bridgehead atoms. The molecule has 0 aliphatic carbocycles. The Morgan fingerprint density at radius 1 is 1.19 bits per heavy atom. The largest absolute Gasteiger partial charge is 0.491 e. The number of aromatic nitrogens is 1. The first-order chi connectivity index (χ1) is 12.7. The Balaban J connectivity index is 1.70. The van der Waals surface area contributed by atoms with Crippen molar-refractivity contribution in [3.8, 4) is 5.75 Å². The van der Waals surface area contributed by atoms with Crippen molar-refractivity contribution in [1.29, 1.82) is 0 Å². The number of aryl methyl sites for hydroxylation is 1. The van der Waals surface area contributed by atoms with Crippen molar-refractivity contribution in [2.75, 3.05) is 33.9 Å². The molecule has 2 aromatic rings. The Morgan fingerprint density at radius 2 is 2.00 bits per heavy atom. The summed E-state index contributed by atoms with van der Waals surface area (Å²) in [6.07, 6.45) is 3.92. The number of guanidine groups is 1. The molecule has 1 aromatic carbocycles. The van der Waals surface area contributed by atoms with Gasteiger partial charge in [0.25, 0.3) is 0 Å². The number of thiazole rings is 1. The van der Waals surface area contributed by atoms with Crippen molar-refractivity contribution in [3.05, 3.63) is 45.9 Å². The number of methoxy groups -OCH3 is 1. The Morgan fingerprint density at radius 3 is 2.65 bits per heavy atom. The maximum Gasteiger partial charge on any atom is 0.191 e. The second kappa shape index (κ2) is 11.5. The molecule has 2 N–H and O–H groups in total. The summed E-state index contributed by atoms with van der Waals surface area (Å²) in [6, 6.07) is 8.03. The van der Waals surface area contributed by atoms with Gasteiger partial charge in [0, 0.05) is 44.7 Å². The standard InChI is InChI=1S/C19H28N4O2S/c1-4-17-14-22-18(26-17)9-10-21-19(20-2)23-13-15-5-7-16(8-6-15)25-12-11-24-3/h5-8,14H,4,9-13H2,1-3H3,(H2,20,21,23). The highest BCUT2D eigenvalue weighted by molar-refractivity contribution is 7.11. The smallest absolute Gasteiger partial charge is 0.191 e. The lowest BCUT2D eigenvalue weighted by Gasteiger charge is -2.12. The molecule has 0 saturated carbocycles. The van der Waals surface area contributed by atoms with E-state index in [1.807, 2.05) is 30.5 Å². The van der Waals surface area contributed by atoms with Crippen molar-refractivity contribution in [3.63, 3.8) is 0 Å². The van der Waals surface area contributed by atoms with Crippen LogP contribution in [0.15, 0.2) is 35.5 Å². The zero-order valence-corrected chi connectivity index (χ0v) is 16.6. The molecule has 7 heteroatoms. The molecule has 0 aliphatic heterocycles. The van der Waals surface area contributed by atoms with Gasteiger partial charge < -0.3 is 20.1 Å². The SMILES string of the molecule is CCc1cnc(CCNC(=NC)NCc2ccc(OCCOC)cc2)s1. The molecule has 1 heterocycles. The number of hydrogen-bond acceptors (Lipinski definition) is 5. The van der Waals surface area contributed by atoms with Crippen LogP contribution in [0.2, 0.25) is 0 Å². The fraction of sp³-hybridized carbons (Fsp3) is 0.474. The lowest BCUT2D eigenvalue weighted by atomic mass is 10.2. The minimum absolute atomic E-state index is 0.559. The Hall–Kier alpha value is -2.12. The summed E-state index contributed by atoms with van der Waals surface area (Å²) in [4.78, 5) is 10.0. The fourth-order valence-electron chi connectivity index (χ4n) is 2.27. The van der Waals surface area contributed by atoms with Gasteiger partial charge in [-0.1, -0.05) is 19.1 Å². The van der Waals surface area contributed by atoms with Crippen LogP contribution >= 0.6 is 11.3 Å². The molecular formula is C19H28N4O2S. The summed E-state index contributed by atoms with van der Waals surface area (Å²) < 4.78 is 10.5. The maximum atomic E-state index is 5.57. The van der Waals surface area contributed by atoms with E-state index < -0.39 is 0 Å². The normalized spacial score (nSPS) is 11.4. The molecule has 0 atom stereocenters. The van der Waals surface area contributed by atoms with Crippen molar-refractivity contribution >= 4 is 17.3 Å². The van der Waals surface area contributed by atoms with E-state index in [4.69, 9.17) is 9.47 Å². The highest BCUT2D eigenvalue weighted by Crippen LogP contribution is 2.13. The number of aliphatic imine (C=N–C) groups is 1. The maximum absolute atomic E-state index is 5.57. The zero-order valence-electron chi connectivity index (χ0n) is 15.7. The predicted octanol–water partition coefficient (Wildman–Crippen LogP) is 2.64. The van der Waals surface area contributed by atoms with Gasteiger partial charge in [-0.15, -0.1) is 11.3 Å². The number of rotatable bonds is 10. The quantitative estimate of drug-likeness (QED) is 0.379. The van der Waals surface area contributed by atoms with Gasteiger partial charge in [-0.3, -0.25) is 4.99 Å². The summed E-state index contributed by atoms with van der Waals surface area (Å²) in [5, 5.41) is 7.81. The topological polar surface area (TPSA) is 67.8 Å². The molecule has 6 nitrogen and oxygen atoms in total. The molecule has 0 saturated heterocycles. The highest BCUT2D eigenvalue weighted by atomic mass is 32.1. The van der Waals surface area contributed by atoms with Crippen LogP contribution in [0.25, 0.3) is 0 Å². The first-order valence-electron chi connectivity index (χ1n) is 8.84. The number of nitrogens with one attached hydrogen (secondary N) is 2. The van der Waals surface area contributed by atoms with Gasteiger partial charge in [0.05, 0.1) is 11.6 Å². The summed E-state index contributed by atoms with van der Waals surface area (Å²) in [6.45, 7) is 4.81. The van der Waals surface area contributed by atoms with Crippen molar-refractivity contribution < 1.29 is 9.47 Å². The molecule has 26 heavy (non-hydrogen) atoms. The van der Waals surface area contributed by atoms with Crippen LogP contribution in [-0.2, 0) is 24.1 Å². The molecule has 142 valence electrons. The number of benzene rings is 1. The minimum atomic E-state index is 0.559. The number of hydrogen-bond donors (Lipinski definition) is 2. The lowest BCUT2D eigenvalue weighted by Crippen LogP contribution is -2.37. The van der Waals surface area contributed by atoms with E-state index in [1.165, 1.54) is 10.4 Å². The first-order valence-corrected chi connectivity index (χ1v) is 9.65.